The summed E-state index contributed by atoms with van der Waals surface area (Å²) in [5, 5.41) is 5.24. The molecule has 28 heavy (non-hydrogen) atoms. The van der Waals surface area contributed by atoms with Crippen LogP contribution >= 0.6 is 0 Å². The van der Waals surface area contributed by atoms with E-state index in [9.17, 15) is 19.2 Å². The van der Waals surface area contributed by atoms with Gasteiger partial charge in [-0.25, -0.2) is 9.59 Å². The van der Waals surface area contributed by atoms with Gasteiger partial charge in [0, 0.05) is 18.3 Å². The Morgan fingerprint density at radius 1 is 0.786 bits per heavy atom. The van der Waals surface area contributed by atoms with Gasteiger partial charge in [0.2, 0.25) is 5.91 Å². The molecule has 0 spiro atoms. The zero-order valence-corrected chi connectivity index (χ0v) is 15.6. The van der Waals surface area contributed by atoms with Gasteiger partial charge in [-0.3, -0.25) is 9.59 Å². The van der Waals surface area contributed by atoms with Gasteiger partial charge in [-0.2, -0.15) is 0 Å². The van der Waals surface area contributed by atoms with Crippen LogP contribution in [-0.2, 0) is 19.1 Å². The van der Waals surface area contributed by atoms with Crippen LogP contribution in [-0.4, -0.2) is 37.0 Å². The summed E-state index contributed by atoms with van der Waals surface area (Å²) in [5.74, 6) is -1.92. The Balaban J connectivity index is 1.93. The molecule has 0 unspecified atom stereocenters. The standard InChI is InChI=1S/C20H20N2O6/c1-12(18(24)22-17-10-8-16(9-11-17)21-13(2)23)28-20(26)15-6-4-14(5-7-15)19(25)27-3/h4-12H,1-3H3,(H,21,23)(H,22,24)/t12-/m1/s1. The van der Waals surface area contributed by atoms with Crippen molar-refractivity contribution in [2.24, 2.45) is 0 Å². The molecule has 2 N–H and O–H groups in total. The van der Waals surface area contributed by atoms with Crippen LogP contribution in [0.25, 0.3) is 0 Å². The van der Waals surface area contributed by atoms with Crippen molar-refractivity contribution in [3.05, 3.63) is 59.7 Å². The fraction of sp³-hybridized carbons (Fsp3) is 0.200. The Morgan fingerprint density at radius 3 is 1.71 bits per heavy atom. The molecule has 2 amide bonds. The molecule has 8 nitrogen and oxygen atoms in total. The lowest BCUT2D eigenvalue weighted by molar-refractivity contribution is -0.123. The summed E-state index contributed by atoms with van der Waals surface area (Å²) in [4.78, 5) is 46.8. The molecule has 2 aromatic rings. The van der Waals surface area contributed by atoms with Crippen molar-refractivity contribution in [3.8, 4) is 0 Å². The molecule has 8 heteroatoms. The number of hydrogen-bond acceptors (Lipinski definition) is 6. The monoisotopic (exact) mass is 384 g/mol. The van der Waals surface area contributed by atoms with E-state index in [0.717, 1.165) is 0 Å². The number of hydrogen-bond donors (Lipinski definition) is 2. The quantitative estimate of drug-likeness (QED) is 0.741. The molecule has 1 atom stereocenters. The van der Waals surface area contributed by atoms with Crippen molar-refractivity contribution in [1.82, 2.24) is 0 Å². The number of methoxy groups -OCH3 is 1. The molecule has 0 aromatic heterocycles. The van der Waals surface area contributed by atoms with Crippen LogP contribution in [0.4, 0.5) is 11.4 Å². The summed E-state index contributed by atoms with van der Waals surface area (Å²) < 4.78 is 9.74. The first-order chi connectivity index (χ1) is 13.3. The third-order valence-electron chi connectivity index (χ3n) is 3.67. The van der Waals surface area contributed by atoms with Gasteiger partial charge < -0.3 is 20.1 Å². The average Bonchev–Trinajstić information content (AvgIpc) is 2.68. The van der Waals surface area contributed by atoms with E-state index in [4.69, 9.17) is 4.74 Å². The van der Waals surface area contributed by atoms with Gasteiger partial charge >= 0.3 is 11.9 Å². The second-order valence-electron chi connectivity index (χ2n) is 5.86. The molecule has 0 aliphatic rings. The van der Waals surface area contributed by atoms with Gasteiger partial charge in [0.15, 0.2) is 6.10 Å². The van der Waals surface area contributed by atoms with E-state index in [2.05, 4.69) is 15.4 Å². The topological polar surface area (TPSA) is 111 Å². The normalized spacial score (nSPS) is 11.1. The summed E-state index contributed by atoms with van der Waals surface area (Å²) in [6, 6.07) is 12.2. The predicted octanol–water partition coefficient (Wildman–Crippen LogP) is 2.62. The molecular formula is C20H20N2O6. The summed E-state index contributed by atoms with van der Waals surface area (Å²) in [6.45, 7) is 2.84. The third kappa shape index (κ3) is 5.66. The maximum Gasteiger partial charge on any atom is 0.338 e. The largest absolute Gasteiger partial charge is 0.465 e. The second-order valence-corrected chi connectivity index (χ2v) is 5.86. The van der Waals surface area contributed by atoms with Gasteiger partial charge in [0.25, 0.3) is 5.91 Å². The summed E-state index contributed by atoms with van der Waals surface area (Å²) in [6.07, 6.45) is -1.04. The van der Waals surface area contributed by atoms with Crippen LogP contribution in [0.1, 0.15) is 34.6 Å². The zero-order valence-electron chi connectivity index (χ0n) is 15.6. The Hall–Kier alpha value is -3.68. The van der Waals surface area contributed by atoms with Gasteiger partial charge in [0.1, 0.15) is 0 Å². The molecule has 2 rings (SSSR count). The van der Waals surface area contributed by atoms with Crippen molar-refractivity contribution < 1.29 is 28.7 Å². The molecule has 0 heterocycles. The van der Waals surface area contributed by atoms with E-state index in [-0.39, 0.29) is 11.5 Å². The highest BCUT2D eigenvalue weighted by Gasteiger charge is 2.19. The van der Waals surface area contributed by atoms with E-state index in [0.29, 0.717) is 16.9 Å². The van der Waals surface area contributed by atoms with Gasteiger partial charge in [0.05, 0.1) is 18.2 Å². The van der Waals surface area contributed by atoms with Crippen molar-refractivity contribution >= 4 is 35.1 Å². The molecule has 0 radical (unpaired) electrons. The van der Waals surface area contributed by atoms with Gasteiger partial charge in [-0.1, -0.05) is 0 Å². The highest BCUT2D eigenvalue weighted by atomic mass is 16.5. The maximum absolute atomic E-state index is 12.2. The number of carbonyl (C=O) groups excluding carboxylic acids is 4. The Labute approximate surface area is 161 Å². The summed E-state index contributed by atoms with van der Waals surface area (Å²) in [5.41, 5.74) is 1.59. The lowest BCUT2D eigenvalue weighted by Gasteiger charge is -2.14. The first-order valence-electron chi connectivity index (χ1n) is 8.38. The van der Waals surface area contributed by atoms with Crippen LogP contribution in [0.3, 0.4) is 0 Å². The average molecular weight is 384 g/mol. The molecule has 146 valence electrons. The van der Waals surface area contributed by atoms with Crippen LogP contribution in [0, 0.1) is 0 Å². The first kappa shape index (κ1) is 20.6. The Bertz CT molecular complexity index is 875. The van der Waals surface area contributed by atoms with Crippen LogP contribution in [0.2, 0.25) is 0 Å². The lowest BCUT2D eigenvalue weighted by Crippen LogP contribution is -2.30. The zero-order chi connectivity index (χ0) is 20.7. The molecule has 0 bridgehead atoms. The van der Waals surface area contributed by atoms with Crippen LogP contribution in [0.15, 0.2) is 48.5 Å². The number of amides is 2. The molecular weight excluding hydrogens is 364 g/mol. The van der Waals surface area contributed by atoms with Crippen LogP contribution in [0.5, 0.6) is 0 Å². The van der Waals surface area contributed by atoms with E-state index in [1.165, 1.54) is 45.2 Å². The van der Waals surface area contributed by atoms with Crippen LogP contribution < -0.4 is 10.6 Å². The molecule has 2 aromatic carbocycles. The number of carbonyl (C=O) groups is 4. The minimum absolute atomic E-state index is 0.197. The molecule has 0 saturated carbocycles. The number of benzene rings is 2. The molecule has 0 saturated heterocycles. The second kappa shape index (κ2) is 9.31. The van der Waals surface area contributed by atoms with E-state index in [1.54, 1.807) is 24.3 Å². The fourth-order valence-electron chi connectivity index (χ4n) is 2.23. The lowest BCUT2D eigenvalue weighted by atomic mass is 10.1. The fourth-order valence-corrected chi connectivity index (χ4v) is 2.23. The highest BCUT2D eigenvalue weighted by Crippen LogP contribution is 2.15. The maximum atomic E-state index is 12.2. The number of esters is 2. The van der Waals surface area contributed by atoms with Gasteiger partial charge in [-0.15, -0.1) is 0 Å². The Kier molecular flexibility index (Phi) is 6.86. The SMILES string of the molecule is COC(=O)c1ccc(C(=O)O[C@H](C)C(=O)Nc2ccc(NC(C)=O)cc2)cc1. The third-order valence-corrected chi connectivity index (χ3v) is 3.67. The van der Waals surface area contributed by atoms with E-state index in [1.807, 2.05) is 0 Å². The summed E-state index contributed by atoms with van der Waals surface area (Å²) in [7, 11) is 1.26. The Morgan fingerprint density at radius 2 is 1.25 bits per heavy atom. The van der Waals surface area contributed by atoms with Crippen molar-refractivity contribution in [2.75, 3.05) is 17.7 Å². The van der Waals surface area contributed by atoms with Crippen molar-refractivity contribution in [2.45, 2.75) is 20.0 Å². The summed E-state index contributed by atoms with van der Waals surface area (Å²) >= 11 is 0. The molecule has 0 fully saturated rings. The van der Waals surface area contributed by atoms with Crippen molar-refractivity contribution in [1.29, 1.82) is 0 Å². The number of ether oxygens (including phenoxy) is 2. The number of nitrogens with one attached hydrogen (secondary N) is 2. The van der Waals surface area contributed by atoms with Gasteiger partial charge in [-0.05, 0) is 55.5 Å². The number of anilines is 2. The molecule has 0 aliphatic heterocycles. The smallest absolute Gasteiger partial charge is 0.338 e. The van der Waals surface area contributed by atoms with E-state index >= 15 is 0 Å². The van der Waals surface area contributed by atoms with Crippen molar-refractivity contribution in [3.63, 3.8) is 0 Å². The van der Waals surface area contributed by atoms with E-state index < -0.39 is 23.9 Å². The number of rotatable bonds is 6. The minimum Gasteiger partial charge on any atom is -0.465 e. The minimum atomic E-state index is -1.04. The predicted molar refractivity (Wildman–Crippen MR) is 102 cm³/mol. The molecule has 0 aliphatic carbocycles. The first-order valence-corrected chi connectivity index (χ1v) is 8.38. The highest BCUT2D eigenvalue weighted by molar-refractivity contribution is 5.98.